The minimum absolute atomic E-state index is 0. The molecule has 0 aliphatic heterocycles. The van der Waals surface area contributed by atoms with E-state index in [0.717, 1.165) is 0 Å². The predicted molar refractivity (Wildman–Crippen MR) is 341 cm³/mol. The number of rotatable bonds is 15. The Morgan fingerprint density at radius 1 is 0.333 bits per heavy atom. The molecule has 444 valence electrons. The van der Waals surface area contributed by atoms with Crippen molar-refractivity contribution in [3.8, 4) is 51.6 Å². The van der Waals surface area contributed by atoms with Gasteiger partial charge in [0.15, 0.2) is 16.7 Å². The van der Waals surface area contributed by atoms with Crippen LogP contribution < -0.4 is 14.2 Å². The van der Waals surface area contributed by atoms with E-state index in [0.29, 0.717) is 96.8 Å². The summed E-state index contributed by atoms with van der Waals surface area (Å²) in [6.07, 6.45) is -3.78. The maximum Gasteiger partial charge on any atom is 0.349 e. The van der Waals surface area contributed by atoms with Gasteiger partial charge in [0, 0.05) is 46.8 Å². The molecule has 12 rings (SSSR count). The van der Waals surface area contributed by atoms with Gasteiger partial charge in [0.25, 0.3) is 0 Å². The van der Waals surface area contributed by atoms with Crippen molar-refractivity contribution < 1.29 is 57.2 Å². The Balaban J connectivity index is 0.000000183. The largest absolute Gasteiger partial charge is 0.478 e. The zero-order chi connectivity index (χ0) is 59.0. The molecule has 15 nitrogen and oxygen atoms in total. The van der Waals surface area contributed by atoms with Crippen LogP contribution in [0.3, 0.4) is 0 Å². The lowest BCUT2D eigenvalue weighted by molar-refractivity contribution is -0.146. The summed E-state index contributed by atoms with van der Waals surface area (Å²) in [4.78, 5) is 48.9. The van der Waals surface area contributed by atoms with Gasteiger partial charge in [-0.3, -0.25) is 0 Å². The van der Waals surface area contributed by atoms with Gasteiger partial charge in [-0.25, -0.2) is 29.3 Å². The first-order valence-electron chi connectivity index (χ1n) is 24.9. The predicted octanol–water partition coefficient (Wildman–Crippen LogP) is 19.9. The van der Waals surface area contributed by atoms with Crippen molar-refractivity contribution in [2.45, 2.75) is 40.6 Å². The molecular weight excluding hydrogens is 1240 g/mol. The fourth-order valence-electron chi connectivity index (χ4n) is 8.45. The molecule has 9 aromatic carbocycles. The Hall–Kier alpha value is -9.06. The van der Waals surface area contributed by atoms with Crippen molar-refractivity contribution >= 4 is 121 Å². The molecule has 0 amide bonds. The van der Waals surface area contributed by atoms with E-state index in [1.807, 2.05) is 54.6 Å². The third-order valence-electron chi connectivity index (χ3n) is 12.3. The zero-order valence-corrected chi connectivity index (χ0v) is 47.4. The molecule has 0 radical (unpaired) electrons. The second-order valence-corrected chi connectivity index (χ2v) is 20.7. The number of ether oxygens (including phenoxy) is 3. The molecule has 0 bridgehead atoms. The van der Waals surface area contributed by atoms with Crippen molar-refractivity contribution in [3.05, 3.63) is 247 Å². The summed E-state index contributed by atoms with van der Waals surface area (Å²) in [6.45, 7) is 0. The fourth-order valence-corrected chi connectivity index (χ4v) is 9.56. The third-order valence-corrected chi connectivity index (χ3v) is 13.7. The first kappa shape index (κ1) is 65.5. The lowest BCUT2D eigenvalue weighted by Crippen LogP contribution is -2.18. The molecule has 0 saturated carbocycles. The summed E-state index contributed by atoms with van der Waals surface area (Å²) < 4.78 is 34.9. The monoisotopic (exact) mass is 1290 g/mol. The third kappa shape index (κ3) is 15.9. The van der Waals surface area contributed by atoms with Crippen LogP contribution in [0.4, 0.5) is 0 Å². The molecule has 3 unspecified atom stereocenters. The van der Waals surface area contributed by atoms with Gasteiger partial charge in [0.05, 0.1) is 16.7 Å². The summed E-state index contributed by atoms with van der Waals surface area (Å²) >= 11 is 36.4. The van der Waals surface area contributed by atoms with Crippen LogP contribution in [0.1, 0.15) is 57.3 Å². The van der Waals surface area contributed by atoms with Crippen LogP contribution in [0.15, 0.2) is 213 Å². The molecule has 0 aliphatic carbocycles. The summed E-state index contributed by atoms with van der Waals surface area (Å²) in [6, 6.07) is 55.9. The molecule has 21 heteroatoms. The summed E-state index contributed by atoms with van der Waals surface area (Å²) in [5.41, 5.74) is 6.45. The molecule has 0 saturated heterocycles. The number of carboxylic acid groups (broad SMARTS) is 3. The summed E-state index contributed by atoms with van der Waals surface area (Å²) in [7, 11) is 0. The molecule has 0 aliphatic rings. The van der Waals surface area contributed by atoms with Gasteiger partial charge in [-0.15, -0.1) is 0 Å². The van der Waals surface area contributed by atoms with Gasteiger partial charge >= 0.3 is 17.9 Å². The maximum absolute atomic E-state index is 11.8. The molecule has 87 heavy (non-hydrogen) atoms. The van der Waals surface area contributed by atoms with Crippen LogP contribution in [0.2, 0.25) is 30.1 Å². The average molecular weight is 1290 g/mol. The smallest absolute Gasteiger partial charge is 0.349 e. The number of fused-ring (bicyclic) bond motifs is 3. The van der Waals surface area contributed by atoms with E-state index in [-0.39, 0.29) is 57.2 Å². The van der Waals surface area contributed by atoms with Gasteiger partial charge in [-0.2, -0.15) is 0 Å². The molecule has 0 fully saturated rings. The standard InChI is InChI=1S/3C21H13Cl2NO4.3CH4/c3*22-13-5-3-4-12(10-13)19(21(25)26)27-17-9-8-14(23)11-15(17)20-24-16-6-1-2-7-18(16)28-20;;;/h3*1-11,19H,(H,25,26);3*1H4. The minimum Gasteiger partial charge on any atom is -0.478 e. The van der Waals surface area contributed by atoms with E-state index in [2.05, 4.69) is 15.0 Å². The van der Waals surface area contributed by atoms with Gasteiger partial charge in [0.2, 0.25) is 36.0 Å². The number of oxazole rings is 3. The normalized spacial score (nSPS) is 11.7. The molecular formula is C66H51Cl6N3O12. The van der Waals surface area contributed by atoms with Crippen molar-refractivity contribution in [1.29, 1.82) is 0 Å². The number of carboxylic acids is 3. The highest BCUT2D eigenvalue weighted by molar-refractivity contribution is 6.32. The second kappa shape index (κ2) is 29.4. The summed E-state index contributed by atoms with van der Waals surface area (Å²) in [5, 5.41) is 31.6. The van der Waals surface area contributed by atoms with E-state index in [1.165, 1.54) is 0 Å². The minimum atomic E-state index is -1.26. The van der Waals surface area contributed by atoms with Gasteiger partial charge in [-0.05, 0) is 127 Å². The molecule has 3 heterocycles. The summed E-state index contributed by atoms with van der Waals surface area (Å²) in [5.74, 6) is -1.76. The van der Waals surface area contributed by atoms with Gasteiger partial charge in [0.1, 0.15) is 33.8 Å². The van der Waals surface area contributed by atoms with Crippen LogP contribution in [0, 0.1) is 0 Å². The molecule has 3 N–H and O–H groups in total. The average Bonchev–Trinajstić information content (AvgIpc) is 2.71. The molecule has 0 spiro atoms. The van der Waals surface area contributed by atoms with Crippen LogP contribution in [-0.2, 0) is 14.4 Å². The van der Waals surface area contributed by atoms with E-state index in [1.54, 1.807) is 146 Å². The lowest BCUT2D eigenvalue weighted by Gasteiger charge is -2.17. The highest BCUT2D eigenvalue weighted by Crippen LogP contribution is 2.40. The van der Waals surface area contributed by atoms with E-state index in [9.17, 15) is 29.7 Å². The Morgan fingerprint density at radius 2 is 0.586 bits per heavy atom. The van der Waals surface area contributed by atoms with Gasteiger partial charge < -0.3 is 42.8 Å². The number of halogens is 6. The zero-order valence-electron chi connectivity index (χ0n) is 42.9. The number of hydrogen-bond donors (Lipinski definition) is 3. The van der Waals surface area contributed by atoms with E-state index < -0.39 is 36.2 Å². The SMILES string of the molecule is C.C.C.O=C(O)C(Oc1ccc(Cl)cc1-c1nc2ccccc2o1)c1cccc(Cl)c1.O=C(O)C(Oc1ccc(Cl)cc1-c1nc2ccccc2o1)c1cccc(Cl)c1.O=C(O)C(Oc1ccc(Cl)cc1-c1nc2ccccc2o1)c1cccc(Cl)c1. The van der Waals surface area contributed by atoms with Crippen molar-refractivity contribution in [1.82, 2.24) is 15.0 Å². The molecule has 12 aromatic rings. The Bertz CT molecular complexity index is 3860. The Labute approximate surface area is 528 Å². The molecule has 3 aromatic heterocycles. The first-order valence-corrected chi connectivity index (χ1v) is 27.2. The van der Waals surface area contributed by atoms with Gasteiger partial charge in [-0.1, -0.05) is 165 Å². The molecule has 3 atom stereocenters. The lowest BCUT2D eigenvalue weighted by atomic mass is 10.1. The van der Waals surface area contributed by atoms with Crippen LogP contribution in [0.5, 0.6) is 17.2 Å². The second-order valence-electron chi connectivity index (χ2n) is 18.1. The highest BCUT2D eigenvalue weighted by Gasteiger charge is 2.28. The number of nitrogens with zero attached hydrogens (tertiary/aromatic N) is 3. The number of aliphatic carboxylic acids is 3. The fraction of sp³-hybridized carbons (Fsp3) is 0.0909. The van der Waals surface area contributed by atoms with E-state index in [4.69, 9.17) is 97.1 Å². The van der Waals surface area contributed by atoms with Crippen molar-refractivity contribution in [2.75, 3.05) is 0 Å². The maximum atomic E-state index is 11.8. The quantitative estimate of drug-likeness (QED) is 0.0869. The van der Waals surface area contributed by atoms with E-state index >= 15 is 0 Å². The number of para-hydroxylation sites is 6. The highest BCUT2D eigenvalue weighted by atomic mass is 35.5. The van der Waals surface area contributed by atoms with Crippen molar-refractivity contribution in [2.24, 2.45) is 0 Å². The Morgan fingerprint density at radius 3 is 0.828 bits per heavy atom. The number of benzene rings is 9. The van der Waals surface area contributed by atoms with Crippen LogP contribution >= 0.6 is 69.6 Å². The van der Waals surface area contributed by atoms with Crippen LogP contribution in [0.25, 0.3) is 67.7 Å². The topological polar surface area (TPSA) is 218 Å². The number of aromatic nitrogens is 3. The first-order chi connectivity index (χ1) is 40.5. The number of carbonyl (C=O) groups is 3. The van der Waals surface area contributed by atoms with Crippen LogP contribution in [-0.4, -0.2) is 48.2 Å². The number of hydrogen-bond acceptors (Lipinski definition) is 12. The van der Waals surface area contributed by atoms with Crippen molar-refractivity contribution in [3.63, 3.8) is 0 Å². The Kier molecular flexibility index (Phi) is 22.1.